The molecular weight excluding hydrogens is 228 g/mol. The molecule has 0 N–H and O–H groups in total. The van der Waals surface area contributed by atoms with Crippen molar-refractivity contribution in [3.8, 4) is 0 Å². The number of benzene rings is 1. The molecule has 1 aromatic carbocycles. The number of ether oxygens (including phenoxy) is 1. The minimum atomic E-state index is -0.217. The predicted molar refractivity (Wildman–Crippen MR) is 70.4 cm³/mol. The van der Waals surface area contributed by atoms with Gasteiger partial charge in [0.1, 0.15) is 0 Å². The number of aryl methyl sites for hydroxylation is 1. The summed E-state index contributed by atoms with van der Waals surface area (Å²) in [7, 11) is 1.43. The molecule has 0 radical (unpaired) electrons. The largest absolute Gasteiger partial charge is 0.453 e. The highest BCUT2D eigenvalue weighted by molar-refractivity contribution is 5.67. The van der Waals surface area contributed by atoms with Crippen LogP contribution < -0.4 is 0 Å². The Bertz CT molecular complexity index is 412. The minimum absolute atomic E-state index is 0.217. The number of methoxy groups -OCH3 is 1. The van der Waals surface area contributed by atoms with E-state index in [4.69, 9.17) is 4.74 Å². The maximum atomic E-state index is 11.4. The molecule has 4 heteroatoms. The molecule has 1 amide bonds. The van der Waals surface area contributed by atoms with Crippen LogP contribution in [-0.2, 0) is 11.3 Å². The summed E-state index contributed by atoms with van der Waals surface area (Å²) in [6.07, 6.45) is -0.217. The summed E-state index contributed by atoms with van der Waals surface area (Å²) in [6.45, 7) is 6.37. The third-order valence-electron chi connectivity index (χ3n) is 3.29. The van der Waals surface area contributed by atoms with Crippen molar-refractivity contribution >= 4 is 6.09 Å². The van der Waals surface area contributed by atoms with Gasteiger partial charge in [0, 0.05) is 32.7 Å². The van der Waals surface area contributed by atoms with Crippen molar-refractivity contribution in [2.24, 2.45) is 0 Å². The zero-order chi connectivity index (χ0) is 13.0. The van der Waals surface area contributed by atoms with E-state index in [1.165, 1.54) is 18.2 Å². The van der Waals surface area contributed by atoms with Gasteiger partial charge < -0.3 is 9.64 Å². The second kappa shape index (κ2) is 5.87. The van der Waals surface area contributed by atoms with E-state index in [0.717, 1.165) is 32.7 Å². The standard InChI is InChI=1S/C14H20N2O2/c1-12-4-3-5-13(10-12)11-15-6-8-16(9-7-15)14(17)18-2/h3-5,10H,6-9,11H2,1-2H3. The minimum Gasteiger partial charge on any atom is -0.453 e. The molecule has 1 aliphatic heterocycles. The molecular formula is C14H20N2O2. The van der Waals surface area contributed by atoms with Crippen LogP contribution in [0.25, 0.3) is 0 Å². The van der Waals surface area contributed by atoms with Gasteiger partial charge in [0.2, 0.25) is 0 Å². The van der Waals surface area contributed by atoms with Crippen molar-refractivity contribution in [2.75, 3.05) is 33.3 Å². The smallest absolute Gasteiger partial charge is 0.409 e. The van der Waals surface area contributed by atoms with E-state index in [-0.39, 0.29) is 6.09 Å². The number of hydrogen-bond donors (Lipinski definition) is 0. The van der Waals surface area contributed by atoms with E-state index in [1.807, 2.05) is 0 Å². The van der Waals surface area contributed by atoms with Crippen LogP contribution in [0.5, 0.6) is 0 Å². The van der Waals surface area contributed by atoms with Crippen LogP contribution in [0.15, 0.2) is 24.3 Å². The predicted octanol–water partition coefficient (Wildman–Crippen LogP) is 1.88. The van der Waals surface area contributed by atoms with Crippen LogP contribution in [0.3, 0.4) is 0 Å². The summed E-state index contributed by atoms with van der Waals surface area (Å²) in [5.41, 5.74) is 2.63. The third-order valence-corrected chi connectivity index (χ3v) is 3.29. The molecule has 98 valence electrons. The van der Waals surface area contributed by atoms with Gasteiger partial charge in [0.15, 0.2) is 0 Å². The van der Waals surface area contributed by atoms with Gasteiger partial charge in [-0.05, 0) is 12.5 Å². The molecule has 1 heterocycles. The van der Waals surface area contributed by atoms with E-state index in [1.54, 1.807) is 4.90 Å². The van der Waals surface area contributed by atoms with Crippen LogP contribution in [-0.4, -0.2) is 49.2 Å². The first kappa shape index (κ1) is 12.9. The van der Waals surface area contributed by atoms with Crippen LogP contribution in [0.4, 0.5) is 4.79 Å². The fourth-order valence-corrected chi connectivity index (χ4v) is 2.29. The number of hydrogen-bond acceptors (Lipinski definition) is 3. The number of nitrogens with zero attached hydrogens (tertiary/aromatic N) is 2. The molecule has 0 aromatic heterocycles. The topological polar surface area (TPSA) is 32.8 Å². The van der Waals surface area contributed by atoms with Gasteiger partial charge in [-0.2, -0.15) is 0 Å². The summed E-state index contributed by atoms with van der Waals surface area (Å²) in [5, 5.41) is 0. The zero-order valence-electron chi connectivity index (χ0n) is 11.1. The summed E-state index contributed by atoms with van der Waals surface area (Å²) in [5.74, 6) is 0. The van der Waals surface area contributed by atoms with Gasteiger partial charge in [0.05, 0.1) is 7.11 Å². The molecule has 1 aromatic rings. The Hall–Kier alpha value is -1.55. The average molecular weight is 248 g/mol. The zero-order valence-corrected chi connectivity index (χ0v) is 11.1. The second-order valence-electron chi connectivity index (χ2n) is 4.72. The van der Waals surface area contributed by atoms with E-state index < -0.39 is 0 Å². The summed E-state index contributed by atoms with van der Waals surface area (Å²) in [6, 6.07) is 8.57. The molecule has 0 spiro atoms. The average Bonchev–Trinajstić information content (AvgIpc) is 2.39. The Morgan fingerprint density at radius 3 is 2.61 bits per heavy atom. The Morgan fingerprint density at radius 1 is 1.28 bits per heavy atom. The van der Waals surface area contributed by atoms with Crippen LogP contribution >= 0.6 is 0 Å². The first-order valence-electron chi connectivity index (χ1n) is 6.30. The van der Waals surface area contributed by atoms with Crippen LogP contribution in [0.1, 0.15) is 11.1 Å². The maximum Gasteiger partial charge on any atom is 0.409 e. The Labute approximate surface area is 108 Å². The number of piperazine rings is 1. The van der Waals surface area contributed by atoms with Crippen molar-refractivity contribution in [3.05, 3.63) is 35.4 Å². The fraction of sp³-hybridized carbons (Fsp3) is 0.500. The second-order valence-corrected chi connectivity index (χ2v) is 4.72. The molecule has 0 saturated carbocycles. The number of carbonyl (C=O) groups excluding carboxylic acids is 1. The number of amides is 1. The highest BCUT2D eigenvalue weighted by atomic mass is 16.5. The van der Waals surface area contributed by atoms with Gasteiger partial charge in [-0.1, -0.05) is 29.8 Å². The van der Waals surface area contributed by atoms with Crippen LogP contribution in [0.2, 0.25) is 0 Å². The molecule has 1 saturated heterocycles. The van der Waals surface area contributed by atoms with Crippen molar-refractivity contribution in [1.29, 1.82) is 0 Å². The van der Waals surface area contributed by atoms with Gasteiger partial charge >= 0.3 is 6.09 Å². The van der Waals surface area contributed by atoms with E-state index in [2.05, 4.69) is 36.1 Å². The lowest BCUT2D eigenvalue weighted by Gasteiger charge is -2.33. The molecule has 0 aliphatic carbocycles. The SMILES string of the molecule is COC(=O)N1CCN(Cc2cccc(C)c2)CC1. The van der Waals surface area contributed by atoms with Crippen molar-refractivity contribution in [3.63, 3.8) is 0 Å². The lowest BCUT2D eigenvalue weighted by Crippen LogP contribution is -2.48. The highest BCUT2D eigenvalue weighted by Crippen LogP contribution is 2.10. The molecule has 0 atom stereocenters. The molecule has 1 aliphatic rings. The van der Waals surface area contributed by atoms with E-state index in [0.29, 0.717) is 0 Å². The normalized spacial score (nSPS) is 16.7. The molecule has 18 heavy (non-hydrogen) atoms. The first-order chi connectivity index (χ1) is 8.69. The van der Waals surface area contributed by atoms with Gasteiger partial charge in [0.25, 0.3) is 0 Å². The van der Waals surface area contributed by atoms with Gasteiger partial charge in [-0.15, -0.1) is 0 Å². The summed E-state index contributed by atoms with van der Waals surface area (Å²) < 4.78 is 4.73. The Morgan fingerprint density at radius 2 is 2.00 bits per heavy atom. The third kappa shape index (κ3) is 3.23. The maximum absolute atomic E-state index is 11.4. The lowest BCUT2D eigenvalue weighted by molar-refractivity contribution is 0.0889. The van der Waals surface area contributed by atoms with Crippen molar-refractivity contribution in [2.45, 2.75) is 13.5 Å². The van der Waals surface area contributed by atoms with Crippen molar-refractivity contribution in [1.82, 2.24) is 9.80 Å². The molecule has 4 nitrogen and oxygen atoms in total. The van der Waals surface area contributed by atoms with Gasteiger partial charge in [-0.3, -0.25) is 4.90 Å². The Balaban J connectivity index is 1.85. The fourth-order valence-electron chi connectivity index (χ4n) is 2.29. The quantitative estimate of drug-likeness (QED) is 0.801. The highest BCUT2D eigenvalue weighted by Gasteiger charge is 2.21. The molecule has 0 unspecified atom stereocenters. The van der Waals surface area contributed by atoms with Gasteiger partial charge in [-0.25, -0.2) is 4.79 Å². The summed E-state index contributed by atoms with van der Waals surface area (Å²) >= 11 is 0. The first-order valence-corrected chi connectivity index (χ1v) is 6.30. The number of carbonyl (C=O) groups is 1. The molecule has 0 bridgehead atoms. The van der Waals surface area contributed by atoms with Crippen LogP contribution in [0, 0.1) is 6.92 Å². The summed E-state index contributed by atoms with van der Waals surface area (Å²) in [4.78, 5) is 15.5. The van der Waals surface area contributed by atoms with E-state index in [9.17, 15) is 4.79 Å². The lowest BCUT2D eigenvalue weighted by atomic mass is 10.1. The Kier molecular flexibility index (Phi) is 4.20. The van der Waals surface area contributed by atoms with E-state index >= 15 is 0 Å². The van der Waals surface area contributed by atoms with Crippen molar-refractivity contribution < 1.29 is 9.53 Å². The number of rotatable bonds is 2. The molecule has 1 fully saturated rings. The molecule has 2 rings (SSSR count). The monoisotopic (exact) mass is 248 g/mol.